The number of benzene rings is 1. The zero-order valence-electron chi connectivity index (χ0n) is 23.0. The average molecular weight is 499 g/mol. The molecular formula is C30H50N4O2. The first-order valence-corrected chi connectivity index (χ1v) is 14.4. The van der Waals surface area contributed by atoms with Crippen molar-refractivity contribution in [3.05, 3.63) is 58.6 Å². The molecule has 0 aromatic heterocycles. The van der Waals surface area contributed by atoms with Gasteiger partial charge in [-0.1, -0.05) is 116 Å². The van der Waals surface area contributed by atoms with E-state index in [1.807, 2.05) is 12.2 Å². The van der Waals surface area contributed by atoms with Crippen LogP contribution in [0.5, 0.6) is 0 Å². The quantitative estimate of drug-likeness (QED) is 0.0807. The third-order valence-electron chi connectivity index (χ3n) is 6.50. The number of hydrogen-bond acceptors (Lipinski definition) is 4. The first-order valence-electron chi connectivity index (χ1n) is 14.4. The number of nitrogens with zero attached hydrogens (tertiary/aromatic N) is 4. The fourth-order valence-electron chi connectivity index (χ4n) is 4.22. The Balaban J connectivity index is 2.34. The first-order chi connectivity index (χ1) is 17.8. The molecule has 0 N–H and O–H groups in total. The monoisotopic (exact) mass is 498 g/mol. The Bertz CT molecular complexity index is 657. The van der Waals surface area contributed by atoms with Crippen molar-refractivity contribution in [1.82, 2.24) is 0 Å². The Labute approximate surface area is 220 Å². The van der Waals surface area contributed by atoms with E-state index >= 15 is 0 Å². The summed E-state index contributed by atoms with van der Waals surface area (Å²) in [6.45, 7) is 4.49. The highest BCUT2D eigenvalue weighted by molar-refractivity contribution is 5.57. The fraction of sp³-hybridized carbons (Fsp3) is 0.667. The number of rotatable bonds is 24. The maximum atomic E-state index is 11.3. The number of anilines is 2. The van der Waals surface area contributed by atoms with Crippen LogP contribution in [0.3, 0.4) is 0 Å². The van der Waals surface area contributed by atoms with Crippen molar-refractivity contribution in [3.8, 4) is 0 Å². The summed E-state index contributed by atoms with van der Waals surface area (Å²) in [7, 11) is 0. The summed E-state index contributed by atoms with van der Waals surface area (Å²) < 4.78 is 0. The van der Waals surface area contributed by atoms with Crippen LogP contribution in [0.15, 0.2) is 59.4 Å². The lowest BCUT2D eigenvalue weighted by Gasteiger charge is -2.13. The van der Waals surface area contributed by atoms with Crippen LogP contribution in [0, 0.1) is 9.81 Å². The van der Waals surface area contributed by atoms with Gasteiger partial charge in [0, 0.05) is 12.4 Å². The molecule has 0 saturated carbocycles. The smallest absolute Gasteiger partial charge is 0.0679 e. The minimum Gasteiger partial charge on any atom is -0.205 e. The van der Waals surface area contributed by atoms with Crippen LogP contribution >= 0.6 is 0 Å². The van der Waals surface area contributed by atoms with E-state index < -0.39 is 0 Å². The second kappa shape index (κ2) is 22.9. The minimum absolute atomic E-state index is 0.662. The summed E-state index contributed by atoms with van der Waals surface area (Å²) in [6, 6.07) is 7.12. The van der Waals surface area contributed by atoms with E-state index in [1.165, 1.54) is 99.9 Å². The van der Waals surface area contributed by atoms with E-state index in [9.17, 15) is 9.81 Å². The Morgan fingerprint density at radius 1 is 0.528 bits per heavy atom. The molecule has 6 nitrogen and oxygen atoms in total. The molecule has 0 fully saturated rings. The SMILES string of the molecule is CCCCCCCCCC/C=C/N(N=O)c1ccc(N(/C=C/CCCCCCCCCC)N=O)cc1. The van der Waals surface area contributed by atoms with Crippen molar-refractivity contribution in [2.45, 2.75) is 129 Å². The zero-order valence-corrected chi connectivity index (χ0v) is 23.0. The highest BCUT2D eigenvalue weighted by Gasteiger charge is 2.06. The van der Waals surface area contributed by atoms with Crippen LogP contribution in [0.1, 0.15) is 129 Å². The van der Waals surface area contributed by atoms with Gasteiger partial charge in [0.15, 0.2) is 0 Å². The largest absolute Gasteiger partial charge is 0.205 e. The highest BCUT2D eigenvalue weighted by atomic mass is 16.3. The van der Waals surface area contributed by atoms with Crippen LogP contribution in [-0.2, 0) is 0 Å². The van der Waals surface area contributed by atoms with E-state index in [0.29, 0.717) is 11.4 Å². The summed E-state index contributed by atoms with van der Waals surface area (Å²) in [6.07, 6.45) is 29.9. The molecule has 0 atom stereocenters. The highest BCUT2D eigenvalue weighted by Crippen LogP contribution is 2.22. The van der Waals surface area contributed by atoms with Crippen LogP contribution in [0.4, 0.5) is 11.4 Å². The standard InChI is InChI=1S/C30H50N4O2/c1-3-5-7-9-11-13-15-17-19-21-27-33(31-35)29-23-25-30(26-24-29)34(32-36)28-22-20-18-16-14-12-10-8-6-4-2/h21-28H,3-20H2,1-2H3/b27-21+,28-22+. The van der Waals surface area contributed by atoms with Crippen molar-refractivity contribution in [1.29, 1.82) is 0 Å². The van der Waals surface area contributed by atoms with E-state index in [-0.39, 0.29) is 0 Å². The van der Waals surface area contributed by atoms with Crippen molar-refractivity contribution in [3.63, 3.8) is 0 Å². The number of nitroso groups, excluding NO2 is 2. The van der Waals surface area contributed by atoms with Crippen LogP contribution in [-0.4, -0.2) is 0 Å². The van der Waals surface area contributed by atoms with Gasteiger partial charge in [0.2, 0.25) is 0 Å². The maximum absolute atomic E-state index is 11.3. The minimum atomic E-state index is 0.662. The van der Waals surface area contributed by atoms with Crippen molar-refractivity contribution >= 4 is 11.4 Å². The van der Waals surface area contributed by atoms with Gasteiger partial charge in [-0.3, -0.25) is 0 Å². The Hall–Kier alpha value is -2.50. The summed E-state index contributed by atoms with van der Waals surface area (Å²) in [5.41, 5.74) is 1.32. The van der Waals surface area contributed by atoms with E-state index in [1.54, 1.807) is 36.7 Å². The normalized spacial score (nSPS) is 11.4. The lowest BCUT2D eigenvalue weighted by molar-refractivity contribution is 0.577. The predicted octanol–water partition coefficient (Wildman–Crippen LogP) is 10.8. The van der Waals surface area contributed by atoms with Gasteiger partial charge in [0.1, 0.15) is 0 Å². The Morgan fingerprint density at radius 2 is 0.833 bits per heavy atom. The van der Waals surface area contributed by atoms with Gasteiger partial charge in [-0.2, -0.15) is 0 Å². The molecule has 0 spiro atoms. The van der Waals surface area contributed by atoms with Gasteiger partial charge in [0.05, 0.1) is 21.9 Å². The topological polar surface area (TPSA) is 65.3 Å². The molecule has 202 valence electrons. The molecule has 0 aliphatic heterocycles. The molecule has 0 bridgehead atoms. The number of unbranched alkanes of at least 4 members (excludes halogenated alkanes) is 16. The molecule has 0 aliphatic carbocycles. The molecule has 0 heterocycles. The van der Waals surface area contributed by atoms with Crippen LogP contribution in [0.25, 0.3) is 0 Å². The van der Waals surface area contributed by atoms with Gasteiger partial charge in [0.25, 0.3) is 0 Å². The van der Waals surface area contributed by atoms with Crippen molar-refractivity contribution < 1.29 is 0 Å². The van der Waals surface area contributed by atoms with Gasteiger partial charge in [-0.25, -0.2) is 10.0 Å². The molecule has 0 radical (unpaired) electrons. The second-order valence-electron chi connectivity index (χ2n) is 9.67. The number of allylic oxidation sites excluding steroid dienone is 2. The van der Waals surface area contributed by atoms with Crippen LogP contribution in [0.2, 0.25) is 0 Å². The summed E-state index contributed by atoms with van der Waals surface area (Å²) in [5.74, 6) is 0. The van der Waals surface area contributed by atoms with Crippen LogP contribution < -0.4 is 10.0 Å². The fourth-order valence-corrected chi connectivity index (χ4v) is 4.22. The summed E-state index contributed by atoms with van der Waals surface area (Å²) >= 11 is 0. The van der Waals surface area contributed by atoms with Gasteiger partial charge in [-0.15, -0.1) is 9.81 Å². The summed E-state index contributed by atoms with van der Waals surface area (Å²) in [5, 5.41) is 8.89. The van der Waals surface area contributed by atoms with Gasteiger partial charge < -0.3 is 0 Å². The van der Waals surface area contributed by atoms with Crippen molar-refractivity contribution in [2.75, 3.05) is 10.0 Å². The lowest BCUT2D eigenvalue weighted by Crippen LogP contribution is -2.08. The zero-order chi connectivity index (χ0) is 26.1. The summed E-state index contributed by atoms with van der Waals surface area (Å²) in [4.78, 5) is 22.6. The molecule has 0 aliphatic rings. The third kappa shape index (κ3) is 15.5. The molecule has 1 aromatic carbocycles. The van der Waals surface area contributed by atoms with Gasteiger partial charge in [-0.05, 0) is 49.9 Å². The van der Waals surface area contributed by atoms with E-state index in [2.05, 4.69) is 24.4 Å². The Kier molecular flexibility index (Phi) is 20.1. The molecule has 36 heavy (non-hydrogen) atoms. The average Bonchev–Trinajstić information content (AvgIpc) is 2.91. The first kappa shape index (κ1) is 31.5. The third-order valence-corrected chi connectivity index (χ3v) is 6.50. The molecule has 1 rings (SSSR count). The molecule has 0 unspecified atom stereocenters. The number of hydrogen-bond donors (Lipinski definition) is 0. The lowest BCUT2D eigenvalue weighted by atomic mass is 10.1. The molecule has 6 heteroatoms. The van der Waals surface area contributed by atoms with E-state index in [4.69, 9.17) is 0 Å². The molecule has 1 aromatic rings. The molecule has 0 saturated heterocycles. The maximum Gasteiger partial charge on any atom is 0.0679 e. The van der Waals surface area contributed by atoms with E-state index in [0.717, 1.165) is 25.7 Å². The van der Waals surface area contributed by atoms with Gasteiger partial charge >= 0.3 is 0 Å². The predicted molar refractivity (Wildman–Crippen MR) is 156 cm³/mol. The second-order valence-corrected chi connectivity index (χ2v) is 9.67. The van der Waals surface area contributed by atoms with Crippen molar-refractivity contribution in [2.24, 2.45) is 10.6 Å². The molecule has 0 amide bonds. The molecular weight excluding hydrogens is 448 g/mol. The Morgan fingerprint density at radius 3 is 1.14 bits per heavy atom.